The fraction of sp³-hybridized carbons (Fsp3) is 0.100. The molecule has 2 aromatic carbocycles. The topological polar surface area (TPSA) is 48.0 Å². The number of aromatic nitrogens is 2. The molecule has 4 aromatic rings. The van der Waals surface area contributed by atoms with E-state index < -0.39 is 46.0 Å². The third kappa shape index (κ3) is 3.47. The van der Waals surface area contributed by atoms with E-state index in [0.717, 1.165) is 0 Å². The molecule has 0 unspecified atom stereocenters. The zero-order valence-electron chi connectivity index (χ0n) is 15.0. The van der Waals surface area contributed by atoms with Crippen LogP contribution in [0.1, 0.15) is 11.3 Å². The molecule has 0 saturated carbocycles. The maximum atomic E-state index is 14.0. The standard InChI is InChI=1S/C20H11F5N2O2S/c21-14-12(15(22)17(24)18(25)16(14)23)9-30-20-26-13-6-2-1-5-11(13)19(28)27(20)8-10-4-3-7-29-10/h1-7H,8-9H2. The van der Waals surface area contributed by atoms with E-state index in [2.05, 4.69) is 4.98 Å². The third-order valence-electron chi connectivity index (χ3n) is 4.37. The van der Waals surface area contributed by atoms with Crippen molar-refractivity contribution >= 4 is 22.7 Å². The Bertz CT molecular complexity index is 1280. The van der Waals surface area contributed by atoms with Crippen molar-refractivity contribution in [2.45, 2.75) is 17.5 Å². The van der Waals surface area contributed by atoms with Crippen LogP contribution in [0, 0.1) is 29.1 Å². The minimum Gasteiger partial charge on any atom is -0.467 e. The molecular formula is C20H11F5N2O2S. The predicted octanol–water partition coefficient (Wildman–Crippen LogP) is 5.03. The average Bonchev–Trinajstić information content (AvgIpc) is 3.26. The van der Waals surface area contributed by atoms with E-state index in [1.807, 2.05) is 0 Å². The molecule has 0 saturated heterocycles. The second kappa shape index (κ2) is 7.94. The van der Waals surface area contributed by atoms with Crippen LogP contribution >= 0.6 is 11.8 Å². The van der Waals surface area contributed by atoms with E-state index >= 15 is 0 Å². The largest absolute Gasteiger partial charge is 0.467 e. The summed E-state index contributed by atoms with van der Waals surface area (Å²) in [6.45, 7) is -0.0247. The van der Waals surface area contributed by atoms with Gasteiger partial charge in [0.2, 0.25) is 5.82 Å². The Morgan fingerprint density at radius 2 is 1.57 bits per heavy atom. The Morgan fingerprint density at radius 1 is 0.900 bits per heavy atom. The van der Waals surface area contributed by atoms with Crippen LogP contribution in [0.15, 0.2) is 57.0 Å². The highest BCUT2D eigenvalue weighted by molar-refractivity contribution is 7.98. The number of hydrogen-bond donors (Lipinski definition) is 0. The lowest BCUT2D eigenvalue weighted by atomic mass is 10.2. The quantitative estimate of drug-likeness (QED) is 0.144. The molecule has 0 spiro atoms. The molecule has 0 aliphatic carbocycles. The molecule has 30 heavy (non-hydrogen) atoms. The highest BCUT2D eigenvalue weighted by Gasteiger charge is 2.26. The summed E-state index contributed by atoms with van der Waals surface area (Å²) in [6, 6.07) is 9.71. The first-order valence-corrected chi connectivity index (χ1v) is 9.52. The molecule has 2 heterocycles. The number of fused-ring (bicyclic) bond motifs is 1. The van der Waals surface area contributed by atoms with Crippen LogP contribution in [0.25, 0.3) is 10.9 Å². The Balaban J connectivity index is 1.78. The van der Waals surface area contributed by atoms with Crippen LogP contribution in [0.5, 0.6) is 0 Å². The van der Waals surface area contributed by atoms with Gasteiger partial charge < -0.3 is 4.42 Å². The smallest absolute Gasteiger partial charge is 0.262 e. The fourth-order valence-electron chi connectivity index (χ4n) is 2.87. The van der Waals surface area contributed by atoms with Gasteiger partial charge in [-0.3, -0.25) is 9.36 Å². The molecule has 4 rings (SSSR count). The van der Waals surface area contributed by atoms with Crippen molar-refractivity contribution in [3.63, 3.8) is 0 Å². The van der Waals surface area contributed by atoms with E-state index in [0.29, 0.717) is 28.4 Å². The lowest BCUT2D eigenvalue weighted by molar-refractivity contribution is 0.372. The van der Waals surface area contributed by atoms with Crippen molar-refractivity contribution in [1.82, 2.24) is 9.55 Å². The van der Waals surface area contributed by atoms with Gasteiger partial charge in [-0.2, -0.15) is 0 Å². The van der Waals surface area contributed by atoms with Crippen molar-refractivity contribution in [3.05, 3.63) is 93.4 Å². The zero-order chi connectivity index (χ0) is 21.4. The van der Waals surface area contributed by atoms with Gasteiger partial charge in [0.05, 0.1) is 23.7 Å². The lowest BCUT2D eigenvalue weighted by Gasteiger charge is -2.13. The molecule has 10 heteroatoms. The molecule has 0 fully saturated rings. The van der Waals surface area contributed by atoms with Crippen LogP contribution in [0.2, 0.25) is 0 Å². The van der Waals surface area contributed by atoms with Crippen molar-refractivity contribution in [1.29, 1.82) is 0 Å². The van der Waals surface area contributed by atoms with Gasteiger partial charge in [0.1, 0.15) is 5.76 Å². The van der Waals surface area contributed by atoms with E-state index in [4.69, 9.17) is 4.42 Å². The molecule has 4 nitrogen and oxygen atoms in total. The Kier molecular flexibility index (Phi) is 5.33. The highest BCUT2D eigenvalue weighted by atomic mass is 32.2. The molecule has 0 aliphatic rings. The summed E-state index contributed by atoms with van der Waals surface area (Å²) in [5.41, 5.74) is -1.10. The first kappa shape index (κ1) is 20.1. The number of thioether (sulfide) groups is 1. The fourth-order valence-corrected chi connectivity index (χ4v) is 3.86. The van der Waals surface area contributed by atoms with Gasteiger partial charge in [0.15, 0.2) is 28.4 Å². The van der Waals surface area contributed by atoms with Crippen molar-refractivity contribution in [2.75, 3.05) is 0 Å². The first-order valence-electron chi connectivity index (χ1n) is 8.53. The molecule has 2 aromatic heterocycles. The summed E-state index contributed by atoms with van der Waals surface area (Å²) >= 11 is 0.677. The number of nitrogens with zero attached hydrogens (tertiary/aromatic N) is 2. The summed E-state index contributed by atoms with van der Waals surface area (Å²) in [4.78, 5) is 17.3. The third-order valence-corrected chi connectivity index (χ3v) is 5.37. The summed E-state index contributed by atoms with van der Waals surface area (Å²) in [5.74, 6) is -10.3. The summed E-state index contributed by atoms with van der Waals surface area (Å²) in [6.07, 6.45) is 1.41. The van der Waals surface area contributed by atoms with E-state index in [-0.39, 0.29) is 11.7 Å². The number of benzene rings is 2. The van der Waals surface area contributed by atoms with Gasteiger partial charge in [-0.25, -0.2) is 26.9 Å². The number of furan rings is 1. The van der Waals surface area contributed by atoms with E-state index in [1.165, 1.54) is 10.8 Å². The molecule has 0 bridgehead atoms. The van der Waals surface area contributed by atoms with Crippen LogP contribution in [-0.4, -0.2) is 9.55 Å². The zero-order valence-corrected chi connectivity index (χ0v) is 15.8. The van der Waals surface area contributed by atoms with Gasteiger partial charge in [0, 0.05) is 11.3 Å². The molecule has 0 radical (unpaired) electrons. The molecule has 0 N–H and O–H groups in total. The van der Waals surface area contributed by atoms with Gasteiger partial charge in [-0.05, 0) is 24.3 Å². The van der Waals surface area contributed by atoms with Gasteiger partial charge >= 0.3 is 0 Å². The molecule has 0 aliphatic heterocycles. The van der Waals surface area contributed by atoms with Crippen LogP contribution in [-0.2, 0) is 12.3 Å². The maximum Gasteiger partial charge on any atom is 0.262 e. The minimum absolute atomic E-state index is 0.0247. The Morgan fingerprint density at radius 3 is 2.23 bits per heavy atom. The summed E-state index contributed by atoms with van der Waals surface area (Å²) in [5, 5.41) is 0.351. The van der Waals surface area contributed by atoms with Crippen LogP contribution in [0.3, 0.4) is 0 Å². The number of rotatable bonds is 5. The molecule has 0 amide bonds. The van der Waals surface area contributed by atoms with Crippen LogP contribution in [0.4, 0.5) is 22.0 Å². The minimum atomic E-state index is -2.22. The van der Waals surface area contributed by atoms with Crippen molar-refractivity contribution < 1.29 is 26.4 Å². The Hall–Kier alpha value is -3.14. The molecule has 0 atom stereocenters. The number of para-hydroxylation sites is 1. The lowest BCUT2D eigenvalue weighted by Crippen LogP contribution is -2.24. The predicted molar refractivity (Wildman–Crippen MR) is 99.6 cm³/mol. The molecule has 154 valence electrons. The van der Waals surface area contributed by atoms with E-state index in [9.17, 15) is 26.7 Å². The van der Waals surface area contributed by atoms with Gasteiger partial charge in [0.25, 0.3) is 5.56 Å². The average molecular weight is 438 g/mol. The first-order chi connectivity index (χ1) is 14.4. The van der Waals surface area contributed by atoms with Gasteiger partial charge in [-0.1, -0.05) is 23.9 Å². The summed E-state index contributed by atoms with van der Waals surface area (Å²) < 4.78 is 74.7. The maximum absolute atomic E-state index is 14.0. The normalized spacial score (nSPS) is 11.4. The second-order valence-electron chi connectivity index (χ2n) is 6.22. The van der Waals surface area contributed by atoms with Crippen molar-refractivity contribution in [3.8, 4) is 0 Å². The number of halogens is 5. The number of hydrogen-bond acceptors (Lipinski definition) is 4. The SMILES string of the molecule is O=c1c2ccccc2nc(SCc2c(F)c(F)c(F)c(F)c2F)n1Cc1ccco1. The van der Waals surface area contributed by atoms with Gasteiger partial charge in [-0.15, -0.1) is 0 Å². The molecular weight excluding hydrogens is 427 g/mol. The van der Waals surface area contributed by atoms with E-state index in [1.54, 1.807) is 36.4 Å². The second-order valence-corrected chi connectivity index (χ2v) is 7.16. The monoisotopic (exact) mass is 438 g/mol. The van der Waals surface area contributed by atoms with Crippen LogP contribution < -0.4 is 5.56 Å². The highest BCUT2D eigenvalue weighted by Crippen LogP contribution is 2.29. The summed E-state index contributed by atoms with van der Waals surface area (Å²) in [7, 11) is 0. The Labute approximate surface area is 170 Å². The van der Waals surface area contributed by atoms with Crippen molar-refractivity contribution in [2.24, 2.45) is 0 Å².